The summed E-state index contributed by atoms with van der Waals surface area (Å²) in [5, 5.41) is 2.49. The minimum absolute atomic E-state index is 0.0433. The van der Waals surface area contributed by atoms with E-state index in [9.17, 15) is 13.6 Å². The quantitative estimate of drug-likeness (QED) is 0.718. The number of anilines is 1. The number of nitrogens with one attached hydrogen (secondary N) is 1. The van der Waals surface area contributed by atoms with E-state index in [0.29, 0.717) is 16.8 Å². The van der Waals surface area contributed by atoms with Crippen molar-refractivity contribution in [1.82, 2.24) is 15.3 Å². The second-order valence-corrected chi connectivity index (χ2v) is 5.30. The minimum atomic E-state index is -0.695. The molecular formula is C18H14F2N4O. The van der Waals surface area contributed by atoms with Crippen LogP contribution in [0.15, 0.2) is 48.8 Å². The molecule has 0 spiro atoms. The number of nitrogen functional groups attached to an aromatic ring is 1. The number of rotatable bonds is 3. The normalized spacial score (nSPS) is 10.5. The highest BCUT2D eigenvalue weighted by molar-refractivity contribution is 5.93. The lowest BCUT2D eigenvalue weighted by atomic mass is 10.0. The lowest BCUT2D eigenvalue weighted by Gasteiger charge is -2.09. The second kappa shape index (κ2) is 6.64. The van der Waals surface area contributed by atoms with Gasteiger partial charge in [-0.25, -0.2) is 8.78 Å². The molecule has 0 aliphatic rings. The van der Waals surface area contributed by atoms with Crippen molar-refractivity contribution in [2.24, 2.45) is 0 Å². The van der Waals surface area contributed by atoms with Crippen molar-refractivity contribution in [3.63, 3.8) is 0 Å². The average molecular weight is 340 g/mol. The van der Waals surface area contributed by atoms with Crippen molar-refractivity contribution in [3.8, 4) is 22.4 Å². The molecule has 0 bridgehead atoms. The maximum Gasteiger partial charge on any atom is 0.269 e. The number of hydrogen-bond acceptors (Lipinski definition) is 4. The van der Waals surface area contributed by atoms with E-state index in [1.807, 2.05) is 0 Å². The lowest BCUT2D eigenvalue weighted by molar-refractivity contribution is 0.0958. The number of carbonyl (C=O) groups excluding carboxylic acids is 1. The molecule has 0 aliphatic carbocycles. The van der Waals surface area contributed by atoms with Gasteiger partial charge in [-0.1, -0.05) is 0 Å². The minimum Gasteiger partial charge on any atom is -0.396 e. The van der Waals surface area contributed by atoms with Gasteiger partial charge in [-0.2, -0.15) is 0 Å². The Labute approximate surface area is 142 Å². The van der Waals surface area contributed by atoms with E-state index >= 15 is 0 Å². The van der Waals surface area contributed by atoms with E-state index in [0.717, 1.165) is 12.1 Å². The molecule has 3 N–H and O–H groups in total. The Kier molecular flexibility index (Phi) is 4.38. The summed E-state index contributed by atoms with van der Waals surface area (Å²) in [6.07, 6.45) is 2.96. The predicted octanol–water partition coefficient (Wildman–Crippen LogP) is 3.03. The smallest absolute Gasteiger partial charge is 0.269 e. The van der Waals surface area contributed by atoms with Gasteiger partial charge in [0, 0.05) is 30.6 Å². The number of aromatic nitrogens is 2. The molecule has 2 heterocycles. The zero-order valence-electron chi connectivity index (χ0n) is 13.3. The Morgan fingerprint density at radius 1 is 1.04 bits per heavy atom. The summed E-state index contributed by atoms with van der Waals surface area (Å²) < 4.78 is 27.8. The summed E-state index contributed by atoms with van der Waals surface area (Å²) >= 11 is 0. The van der Waals surface area contributed by atoms with Crippen molar-refractivity contribution < 1.29 is 13.6 Å². The molecule has 0 fully saturated rings. The molecule has 1 amide bonds. The Morgan fingerprint density at radius 2 is 1.76 bits per heavy atom. The summed E-state index contributed by atoms with van der Waals surface area (Å²) in [6, 6.07) is 8.41. The largest absolute Gasteiger partial charge is 0.396 e. The number of amides is 1. The molecule has 3 aromatic rings. The van der Waals surface area contributed by atoms with Crippen LogP contribution in [0.4, 0.5) is 14.5 Å². The van der Waals surface area contributed by atoms with E-state index in [1.165, 1.54) is 19.4 Å². The van der Waals surface area contributed by atoms with Gasteiger partial charge in [0.15, 0.2) is 5.82 Å². The first kappa shape index (κ1) is 16.5. The Morgan fingerprint density at radius 3 is 2.52 bits per heavy atom. The summed E-state index contributed by atoms with van der Waals surface area (Å²) in [4.78, 5) is 19.9. The molecule has 0 saturated heterocycles. The molecule has 5 nitrogen and oxygen atoms in total. The van der Waals surface area contributed by atoms with E-state index in [2.05, 4.69) is 15.3 Å². The monoisotopic (exact) mass is 340 g/mol. The molecule has 25 heavy (non-hydrogen) atoms. The van der Waals surface area contributed by atoms with E-state index in [1.54, 1.807) is 24.3 Å². The summed E-state index contributed by atoms with van der Waals surface area (Å²) in [6.45, 7) is 0. The van der Waals surface area contributed by atoms with Crippen LogP contribution < -0.4 is 11.1 Å². The highest BCUT2D eigenvalue weighted by atomic mass is 19.1. The second-order valence-electron chi connectivity index (χ2n) is 5.30. The topological polar surface area (TPSA) is 80.9 Å². The number of halogens is 2. The maximum absolute atomic E-state index is 14.2. The van der Waals surface area contributed by atoms with Crippen LogP contribution in [0.3, 0.4) is 0 Å². The molecule has 0 radical (unpaired) electrons. The zero-order chi connectivity index (χ0) is 18.0. The SMILES string of the molecule is CNC(=O)c1cc(-c2cc(-c3cc(F)cc(N)c3F)ccn2)ccn1. The number of nitrogens with zero attached hydrogens (tertiary/aromatic N) is 2. The van der Waals surface area contributed by atoms with Gasteiger partial charge in [0.05, 0.1) is 11.4 Å². The fraction of sp³-hybridized carbons (Fsp3) is 0.0556. The zero-order valence-corrected chi connectivity index (χ0v) is 13.3. The number of benzene rings is 1. The molecular weight excluding hydrogens is 326 g/mol. The molecule has 0 saturated carbocycles. The first-order valence-corrected chi connectivity index (χ1v) is 7.39. The van der Waals surface area contributed by atoms with Gasteiger partial charge in [-0.05, 0) is 42.0 Å². The van der Waals surface area contributed by atoms with Crippen molar-refractivity contribution >= 4 is 11.6 Å². The van der Waals surface area contributed by atoms with E-state index in [4.69, 9.17) is 5.73 Å². The number of nitrogens with two attached hydrogens (primary N) is 1. The Balaban J connectivity index is 2.08. The summed E-state index contributed by atoms with van der Waals surface area (Å²) in [5.41, 5.74) is 7.04. The molecule has 1 aromatic carbocycles. The van der Waals surface area contributed by atoms with Gasteiger partial charge in [-0.3, -0.25) is 14.8 Å². The third kappa shape index (κ3) is 3.30. The molecule has 0 aliphatic heterocycles. The van der Waals surface area contributed by atoms with Gasteiger partial charge < -0.3 is 11.1 Å². The number of pyridine rings is 2. The van der Waals surface area contributed by atoms with Crippen LogP contribution >= 0.6 is 0 Å². The number of carbonyl (C=O) groups is 1. The lowest BCUT2D eigenvalue weighted by Crippen LogP contribution is -2.19. The summed E-state index contributed by atoms with van der Waals surface area (Å²) in [5.74, 6) is -1.65. The highest BCUT2D eigenvalue weighted by Crippen LogP contribution is 2.30. The Hall–Kier alpha value is -3.35. The molecule has 0 atom stereocenters. The van der Waals surface area contributed by atoms with Gasteiger partial charge >= 0.3 is 0 Å². The van der Waals surface area contributed by atoms with Crippen molar-refractivity contribution in [3.05, 3.63) is 66.1 Å². The highest BCUT2D eigenvalue weighted by Gasteiger charge is 2.13. The molecule has 0 unspecified atom stereocenters. The predicted molar refractivity (Wildman–Crippen MR) is 90.6 cm³/mol. The molecule has 3 rings (SSSR count). The van der Waals surface area contributed by atoms with Crippen LogP contribution in [-0.2, 0) is 0 Å². The third-order valence-corrected chi connectivity index (χ3v) is 3.65. The first-order valence-electron chi connectivity index (χ1n) is 7.39. The molecule has 7 heteroatoms. The Bertz CT molecular complexity index is 960. The van der Waals surface area contributed by atoms with Crippen LogP contribution in [-0.4, -0.2) is 22.9 Å². The average Bonchev–Trinajstić information content (AvgIpc) is 2.64. The van der Waals surface area contributed by atoms with Crippen LogP contribution in [0.25, 0.3) is 22.4 Å². The molecule has 2 aromatic heterocycles. The first-order chi connectivity index (χ1) is 12.0. The summed E-state index contributed by atoms with van der Waals surface area (Å²) in [7, 11) is 1.51. The molecule has 126 valence electrons. The van der Waals surface area contributed by atoms with Crippen LogP contribution in [0.2, 0.25) is 0 Å². The van der Waals surface area contributed by atoms with Crippen molar-refractivity contribution in [2.45, 2.75) is 0 Å². The van der Waals surface area contributed by atoms with Crippen LogP contribution in [0, 0.1) is 11.6 Å². The standard InChI is InChI=1S/C18H14F2N4O/c1-22-18(25)16-7-11(3-5-24-16)15-6-10(2-4-23-15)13-8-12(19)9-14(21)17(13)20/h2-9H,21H2,1H3,(H,22,25). The van der Waals surface area contributed by atoms with E-state index in [-0.39, 0.29) is 22.9 Å². The fourth-order valence-corrected chi connectivity index (χ4v) is 2.42. The van der Waals surface area contributed by atoms with Crippen molar-refractivity contribution in [1.29, 1.82) is 0 Å². The van der Waals surface area contributed by atoms with Gasteiger partial charge in [0.25, 0.3) is 5.91 Å². The van der Waals surface area contributed by atoms with Crippen LogP contribution in [0.5, 0.6) is 0 Å². The number of hydrogen-bond donors (Lipinski definition) is 2. The van der Waals surface area contributed by atoms with Crippen molar-refractivity contribution in [2.75, 3.05) is 12.8 Å². The maximum atomic E-state index is 14.2. The third-order valence-electron chi connectivity index (χ3n) is 3.65. The fourth-order valence-electron chi connectivity index (χ4n) is 2.42. The van der Waals surface area contributed by atoms with Gasteiger partial charge in [0.2, 0.25) is 0 Å². The van der Waals surface area contributed by atoms with Crippen LogP contribution in [0.1, 0.15) is 10.5 Å². The van der Waals surface area contributed by atoms with E-state index < -0.39 is 11.6 Å². The van der Waals surface area contributed by atoms with Gasteiger partial charge in [-0.15, -0.1) is 0 Å². The van der Waals surface area contributed by atoms with Gasteiger partial charge in [0.1, 0.15) is 11.5 Å².